The van der Waals surface area contributed by atoms with Crippen molar-refractivity contribution in [2.75, 3.05) is 0 Å². The van der Waals surface area contributed by atoms with Crippen LogP contribution in [0.1, 0.15) is 16.7 Å². The van der Waals surface area contributed by atoms with Crippen LogP contribution in [-0.4, -0.2) is 0 Å². The van der Waals surface area contributed by atoms with Crippen molar-refractivity contribution in [3.05, 3.63) is 95.6 Å². The van der Waals surface area contributed by atoms with Gasteiger partial charge in [0.25, 0.3) is 0 Å². The smallest absolute Gasteiger partial charge is 0.166 e. The van der Waals surface area contributed by atoms with E-state index in [0.717, 1.165) is 34.4 Å². The fourth-order valence-electron chi connectivity index (χ4n) is 2.26. The Morgan fingerprint density at radius 1 is 0.542 bits per heavy atom. The number of hydrogen-bond acceptors (Lipinski definition) is 0. The molecule has 0 spiro atoms. The quantitative estimate of drug-likeness (QED) is 0.499. The van der Waals surface area contributed by atoms with E-state index in [1.54, 1.807) is 0 Å². The molecule has 0 radical (unpaired) electrons. The molecule has 0 saturated heterocycles. The summed E-state index contributed by atoms with van der Waals surface area (Å²) in [5.74, 6) is 6.14. The Labute approximate surface area is 138 Å². The average molecular weight is 322 g/mol. The highest BCUT2D eigenvalue weighted by molar-refractivity contribution is 5.65. The van der Waals surface area contributed by atoms with Gasteiger partial charge < -0.3 is 0 Å². The van der Waals surface area contributed by atoms with Crippen LogP contribution >= 0.6 is 0 Å². The Balaban J connectivity index is 1.79. The molecule has 0 saturated carbocycles. The van der Waals surface area contributed by atoms with Crippen LogP contribution in [0.5, 0.6) is 0 Å². The van der Waals surface area contributed by atoms with Crippen LogP contribution < -0.4 is 0 Å². The molecule has 0 unspecified atom stereocenters. The molecule has 0 aliphatic carbocycles. The van der Waals surface area contributed by atoms with Gasteiger partial charge in [-0.3, -0.25) is 0 Å². The Morgan fingerprint density at radius 3 is 1.50 bits per heavy atom. The second-order valence-corrected chi connectivity index (χ2v) is 5.27. The van der Waals surface area contributed by atoms with Crippen molar-refractivity contribution in [1.82, 2.24) is 0 Å². The molecule has 3 rings (SSSR count). The standard InChI is InChI=1S/C21H13F3/c22-21(23,24)20-14-12-19(13-15-20)18-10-8-17(9-11-18)7-6-16-4-2-1-3-5-16/h1-5,8-15H. The molecule has 0 heterocycles. The van der Waals surface area contributed by atoms with Crippen molar-refractivity contribution >= 4 is 0 Å². The molecule has 0 atom stereocenters. The van der Waals surface area contributed by atoms with Crippen molar-refractivity contribution in [2.24, 2.45) is 0 Å². The zero-order chi connectivity index (χ0) is 17.0. The topological polar surface area (TPSA) is 0 Å². The first-order valence-corrected chi connectivity index (χ1v) is 7.37. The Kier molecular flexibility index (Phi) is 4.39. The molecule has 0 bridgehead atoms. The lowest BCUT2D eigenvalue weighted by atomic mass is 10.0. The summed E-state index contributed by atoms with van der Waals surface area (Å²) in [5, 5.41) is 0. The van der Waals surface area contributed by atoms with Crippen LogP contribution in [0, 0.1) is 11.8 Å². The normalized spacial score (nSPS) is 10.8. The summed E-state index contributed by atoms with van der Waals surface area (Å²) in [6.45, 7) is 0. The zero-order valence-corrected chi connectivity index (χ0v) is 12.6. The molecule has 3 aromatic rings. The summed E-state index contributed by atoms with van der Waals surface area (Å²) in [5.41, 5.74) is 2.75. The number of benzene rings is 3. The minimum absolute atomic E-state index is 0.642. The van der Waals surface area contributed by atoms with E-state index in [1.807, 2.05) is 54.6 Å². The third kappa shape index (κ3) is 3.85. The van der Waals surface area contributed by atoms with Gasteiger partial charge in [-0.25, -0.2) is 0 Å². The zero-order valence-electron chi connectivity index (χ0n) is 12.6. The van der Waals surface area contributed by atoms with Crippen LogP contribution in [0.15, 0.2) is 78.9 Å². The van der Waals surface area contributed by atoms with Crippen LogP contribution in [0.4, 0.5) is 13.2 Å². The summed E-state index contributed by atoms with van der Waals surface area (Å²) in [4.78, 5) is 0. The molecule has 0 N–H and O–H groups in total. The largest absolute Gasteiger partial charge is 0.416 e. The molecule has 24 heavy (non-hydrogen) atoms. The van der Waals surface area contributed by atoms with Crippen molar-refractivity contribution < 1.29 is 13.2 Å². The maximum atomic E-state index is 12.6. The number of alkyl halides is 3. The van der Waals surface area contributed by atoms with E-state index in [1.165, 1.54) is 12.1 Å². The molecule has 118 valence electrons. The Bertz CT molecular complexity index is 863. The first-order chi connectivity index (χ1) is 11.5. The van der Waals surface area contributed by atoms with Crippen molar-refractivity contribution in [3.63, 3.8) is 0 Å². The van der Waals surface area contributed by atoms with Gasteiger partial charge in [-0.05, 0) is 47.5 Å². The fraction of sp³-hybridized carbons (Fsp3) is 0.0476. The summed E-state index contributed by atoms with van der Waals surface area (Å²) < 4.78 is 37.8. The van der Waals surface area contributed by atoms with E-state index in [4.69, 9.17) is 0 Å². The average Bonchev–Trinajstić information content (AvgIpc) is 2.61. The third-order valence-corrected chi connectivity index (χ3v) is 3.56. The van der Waals surface area contributed by atoms with E-state index >= 15 is 0 Å². The van der Waals surface area contributed by atoms with Gasteiger partial charge in [0.2, 0.25) is 0 Å². The van der Waals surface area contributed by atoms with Gasteiger partial charge >= 0.3 is 6.18 Å². The minimum atomic E-state index is -4.31. The molecular formula is C21H13F3. The van der Waals surface area contributed by atoms with E-state index in [9.17, 15) is 13.2 Å². The summed E-state index contributed by atoms with van der Waals surface area (Å²) in [7, 11) is 0. The SMILES string of the molecule is FC(F)(F)c1ccc(-c2ccc(C#Cc3ccccc3)cc2)cc1. The Morgan fingerprint density at radius 2 is 1.00 bits per heavy atom. The van der Waals surface area contributed by atoms with Gasteiger partial charge in [0.05, 0.1) is 5.56 Å². The van der Waals surface area contributed by atoms with E-state index in [-0.39, 0.29) is 0 Å². The maximum Gasteiger partial charge on any atom is 0.416 e. The van der Waals surface area contributed by atoms with Crippen molar-refractivity contribution in [3.8, 4) is 23.0 Å². The van der Waals surface area contributed by atoms with Crippen molar-refractivity contribution in [2.45, 2.75) is 6.18 Å². The monoisotopic (exact) mass is 322 g/mol. The van der Waals surface area contributed by atoms with Crippen molar-refractivity contribution in [1.29, 1.82) is 0 Å². The van der Waals surface area contributed by atoms with Crippen LogP contribution in [0.3, 0.4) is 0 Å². The van der Waals surface area contributed by atoms with Crippen LogP contribution in [-0.2, 0) is 6.18 Å². The minimum Gasteiger partial charge on any atom is -0.166 e. The molecule has 0 aliphatic rings. The van der Waals surface area contributed by atoms with E-state index in [0.29, 0.717) is 0 Å². The highest BCUT2D eigenvalue weighted by atomic mass is 19.4. The van der Waals surface area contributed by atoms with Crippen LogP contribution in [0.2, 0.25) is 0 Å². The number of rotatable bonds is 1. The molecule has 0 fully saturated rings. The van der Waals surface area contributed by atoms with Gasteiger partial charge in [-0.15, -0.1) is 0 Å². The van der Waals surface area contributed by atoms with E-state index < -0.39 is 11.7 Å². The molecule has 0 nitrogen and oxygen atoms in total. The molecule has 0 aliphatic heterocycles. The molecule has 0 amide bonds. The maximum absolute atomic E-state index is 12.6. The molecule has 3 heteroatoms. The fourth-order valence-corrected chi connectivity index (χ4v) is 2.26. The first kappa shape index (κ1) is 15.9. The summed E-state index contributed by atoms with van der Waals surface area (Å²) in [6.07, 6.45) is -4.31. The Hall–Kier alpha value is -2.99. The summed E-state index contributed by atoms with van der Waals surface area (Å²) >= 11 is 0. The van der Waals surface area contributed by atoms with Gasteiger partial charge in [-0.1, -0.05) is 54.3 Å². The third-order valence-electron chi connectivity index (χ3n) is 3.56. The number of hydrogen-bond donors (Lipinski definition) is 0. The predicted octanol–water partition coefficient (Wildman–Crippen LogP) is 5.77. The first-order valence-electron chi connectivity index (χ1n) is 7.37. The number of halogens is 3. The van der Waals surface area contributed by atoms with Gasteiger partial charge in [0.15, 0.2) is 0 Å². The summed E-state index contributed by atoms with van der Waals surface area (Å²) in [6, 6.07) is 22.3. The lowest BCUT2D eigenvalue weighted by Gasteiger charge is -2.07. The predicted molar refractivity (Wildman–Crippen MR) is 89.3 cm³/mol. The molecular weight excluding hydrogens is 309 g/mol. The lowest BCUT2D eigenvalue weighted by Crippen LogP contribution is -2.03. The second-order valence-electron chi connectivity index (χ2n) is 5.27. The van der Waals surface area contributed by atoms with Gasteiger partial charge in [0, 0.05) is 11.1 Å². The molecule has 0 aromatic heterocycles. The van der Waals surface area contributed by atoms with Gasteiger partial charge in [0.1, 0.15) is 0 Å². The van der Waals surface area contributed by atoms with Crippen LogP contribution in [0.25, 0.3) is 11.1 Å². The highest BCUT2D eigenvalue weighted by Crippen LogP contribution is 2.30. The van der Waals surface area contributed by atoms with E-state index in [2.05, 4.69) is 11.8 Å². The second kappa shape index (κ2) is 6.64. The molecule has 3 aromatic carbocycles. The lowest BCUT2D eigenvalue weighted by molar-refractivity contribution is -0.137. The highest BCUT2D eigenvalue weighted by Gasteiger charge is 2.29. The van der Waals surface area contributed by atoms with Gasteiger partial charge in [-0.2, -0.15) is 13.2 Å².